The van der Waals surface area contributed by atoms with Crippen molar-refractivity contribution in [2.24, 2.45) is 0 Å². The zero-order valence-electron chi connectivity index (χ0n) is 76.4. The predicted octanol–water partition coefficient (Wildman–Crippen LogP) is 19.9. The van der Waals surface area contributed by atoms with Gasteiger partial charge in [0.2, 0.25) is 11.6 Å². The van der Waals surface area contributed by atoms with Gasteiger partial charge in [-0.15, -0.1) is 0 Å². The van der Waals surface area contributed by atoms with Crippen LogP contribution in [0.4, 0.5) is 0 Å². The minimum absolute atomic E-state index is 0.00481. The summed E-state index contributed by atoms with van der Waals surface area (Å²) in [5, 5.41) is 37.9. The first-order valence-corrected chi connectivity index (χ1v) is 44.7. The van der Waals surface area contributed by atoms with Crippen molar-refractivity contribution in [3.63, 3.8) is 0 Å². The molecule has 0 radical (unpaired) electrons. The van der Waals surface area contributed by atoms with Gasteiger partial charge in [-0.25, -0.2) is 4.79 Å². The molecular weight excluding hydrogens is 1530 g/mol. The molecule has 0 spiro atoms. The van der Waals surface area contributed by atoms with E-state index in [9.17, 15) is 34.8 Å². The van der Waals surface area contributed by atoms with E-state index >= 15 is 0 Å². The van der Waals surface area contributed by atoms with Crippen LogP contribution in [0, 0.1) is 118 Å². The Labute approximate surface area is 737 Å². The first-order chi connectivity index (χ1) is 58.5. The van der Waals surface area contributed by atoms with Gasteiger partial charge in [-0.3, -0.25) is 9.59 Å². The third-order valence-electron chi connectivity index (χ3n) is 19.3. The number of hydrogen-bond acceptors (Lipinski definition) is 16. The van der Waals surface area contributed by atoms with Crippen LogP contribution < -0.4 is 0 Å². The molecule has 0 unspecified atom stereocenters. The second-order valence-corrected chi connectivity index (χ2v) is 32.2. The van der Waals surface area contributed by atoms with E-state index < -0.39 is 59.6 Å². The smallest absolute Gasteiger partial charge is 0.332 e. The van der Waals surface area contributed by atoms with Gasteiger partial charge in [0.1, 0.15) is 12.2 Å². The number of carbonyl (C=O) groups is 3. The lowest BCUT2D eigenvalue weighted by atomic mass is 10.0. The SMILES string of the molecule is C=CC(=O)C#CC#CC[C@@H](O)[C@H](O)CCCCCCC.C=CC(=O)C#CC#CC[C@H]1OC(C)(C)O[C@@H]1CCCCCCC.C=C[C@@H](O)C#CC#CC[C@H]1OC(C)(C)O[C@@H]1CCCCCCC.C=C[C@H](C#CC#CC[C@H]1OC(C)(C)O[C@@H]1CCCCCCC)OC(=O)/C=C/c1ccccc1.C=C[C@H](O)C#CC#CC[C@H]1OC(C)(C)O[C@@H]1CCCCCCC. The van der Waals surface area contributed by atoms with E-state index in [2.05, 4.69) is 186 Å². The molecule has 0 amide bonds. The molecular formula is C106H148O16. The van der Waals surface area contributed by atoms with E-state index in [1.54, 1.807) is 6.08 Å². The second kappa shape index (κ2) is 69.0. The van der Waals surface area contributed by atoms with Gasteiger partial charge >= 0.3 is 5.97 Å². The first-order valence-electron chi connectivity index (χ1n) is 44.7. The van der Waals surface area contributed by atoms with Crippen LogP contribution in [0.1, 0.15) is 320 Å². The molecule has 16 nitrogen and oxygen atoms in total. The van der Waals surface area contributed by atoms with Gasteiger partial charge in [0.25, 0.3) is 0 Å². The molecule has 0 saturated carbocycles. The Morgan fingerprint density at radius 1 is 0.377 bits per heavy atom. The fourth-order valence-corrected chi connectivity index (χ4v) is 13.1. The van der Waals surface area contributed by atoms with Crippen LogP contribution in [0.2, 0.25) is 0 Å². The fourth-order valence-electron chi connectivity index (χ4n) is 13.1. The molecule has 4 aliphatic rings. The number of rotatable bonds is 44. The van der Waals surface area contributed by atoms with Crippen LogP contribution in [-0.2, 0) is 57.0 Å². The van der Waals surface area contributed by atoms with Crippen LogP contribution >= 0.6 is 0 Å². The lowest BCUT2D eigenvalue weighted by molar-refractivity contribution is -0.146. The molecule has 4 N–H and O–H groups in total. The number of aliphatic hydroxyl groups is 4. The highest BCUT2D eigenvalue weighted by Crippen LogP contribution is 2.36. The van der Waals surface area contributed by atoms with Crippen molar-refractivity contribution in [2.45, 2.75) is 417 Å². The normalized spacial score (nSPS) is 20.2. The standard InChI is InChI=1S/C29H36O4.2C20H30O3.C20H28O3.C17H24O3/c1-5-7-8-9-15-20-26-27(33-29(3,4)32-26)21-16-11-14-19-25(6-2)31-28(30)23-22-24-17-12-10-13-18-24;3*1-5-7-8-9-12-15-18-19(23-20(3,4)22-18)16-13-10-11-14-17(21)6-2;1-3-5-6-7-10-13-16(19)17(20)14-11-8-9-12-15(18)4-2/h6,10,12-13,17-18,22-23,25-27H,2,5,7-9,15,20-21H2,1,3-4H3;2*6,17-19,21H,2,5,7-9,12,15-16H2,1,3-4H3;6,18-19H,2,5,7-9,12,15-16H2,1,3-4H3;4,16-17,19-20H,2-3,5-7,10,13-14H2,1H3/b23-22+;;;;/t25-,26-,27-;17-,18+,19+;17-,18-,19-;18-,19-;16-,17-/m10111/s1. The average Bonchev–Trinajstić information content (AvgIpc) is 1.71. The summed E-state index contributed by atoms with van der Waals surface area (Å²) in [4.78, 5) is 33.7. The summed E-state index contributed by atoms with van der Waals surface area (Å²) in [6.45, 7) is 43.8. The minimum atomic E-state index is -0.856. The lowest BCUT2D eigenvalue weighted by Crippen LogP contribution is -2.25. The number of ketones is 2. The number of carbonyl (C=O) groups excluding carboxylic acids is 3. The van der Waals surface area contributed by atoms with Crippen molar-refractivity contribution in [1.29, 1.82) is 0 Å². The van der Waals surface area contributed by atoms with Crippen molar-refractivity contribution < 1.29 is 77.4 Å². The molecule has 0 aliphatic carbocycles. The van der Waals surface area contributed by atoms with E-state index in [1.165, 1.54) is 165 Å². The van der Waals surface area contributed by atoms with Gasteiger partial charge in [0, 0.05) is 38.2 Å². The van der Waals surface area contributed by atoms with Gasteiger partial charge < -0.3 is 63.1 Å². The maximum Gasteiger partial charge on any atom is 0.332 e. The van der Waals surface area contributed by atoms with Crippen LogP contribution in [0.3, 0.4) is 0 Å². The van der Waals surface area contributed by atoms with E-state index in [1.807, 2.05) is 85.7 Å². The Kier molecular flexibility index (Phi) is 63.1. The molecule has 1 aromatic rings. The maximum atomic E-state index is 12.0. The zero-order valence-corrected chi connectivity index (χ0v) is 76.4. The summed E-state index contributed by atoms with van der Waals surface area (Å²) >= 11 is 0. The van der Waals surface area contributed by atoms with Crippen molar-refractivity contribution >= 4 is 23.6 Å². The lowest BCUT2D eigenvalue weighted by Gasteiger charge is -2.16. The van der Waals surface area contributed by atoms with Gasteiger partial charge in [-0.05, 0) is 194 Å². The summed E-state index contributed by atoms with van der Waals surface area (Å²) in [5.74, 6) is 50.4. The maximum absolute atomic E-state index is 12.0. The summed E-state index contributed by atoms with van der Waals surface area (Å²) in [5.41, 5.74) is 0.919. The molecule has 13 atom stereocenters. The number of unbranched alkanes of at least 4 members (excludes halogenated alkanes) is 20. The minimum Gasteiger partial charge on any atom is -0.442 e. The zero-order chi connectivity index (χ0) is 90.6. The van der Waals surface area contributed by atoms with Gasteiger partial charge in [-0.1, -0.05) is 312 Å². The van der Waals surface area contributed by atoms with Crippen LogP contribution in [0.25, 0.3) is 6.08 Å². The Morgan fingerprint density at radius 2 is 0.680 bits per heavy atom. The molecule has 4 fully saturated rings. The van der Waals surface area contributed by atoms with Crippen molar-refractivity contribution in [1.82, 2.24) is 0 Å². The van der Waals surface area contributed by atoms with Crippen LogP contribution in [-0.4, -0.2) is 140 Å². The predicted molar refractivity (Wildman–Crippen MR) is 493 cm³/mol. The number of hydrogen-bond donors (Lipinski definition) is 4. The number of esters is 1. The van der Waals surface area contributed by atoms with Gasteiger partial charge in [0.15, 0.2) is 29.3 Å². The number of allylic oxidation sites excluding steroid dienone is 2. The largest absolute Gasteiger partial charge is 0.442 e. The van der Waals surface area contributed by atoms with Crippen molar-refractivity contribution in [3.8, 4) is 118 Å². The molecule has 122 heavy (non-hydrogen) atoms. The summed E-state index contributed by atoms with van der Waals surface area (Å²) in [6, 6.07) is 9.53. The second-order valence-electron chi connectivity index (χ2n) is 32.2. The van der Waals surface area contributed by atoms with E-state index in [4.69, 9.17) is 42.6 Å². The van der Waals surface area contributed by atoms with Crippen LogP contribution in [0.15, 0.2) is 99.7 Å². The molecule has 4 saturated heterocycles. The Bertz CT molecular complexity index is 3820. The van der Waals surface area contributed by atoms with E-state index in [0.717, 1.165) is 63.0 Å². The monoisotopic (exact) mass is 1680 g/mol. The molecule has 668 valence electrons. The average molecular weight is 1680 g/mol. The molecule has 0 aromatic heterocycles. The van der Waals surface area contributed by atoms with Crippen LogP contribution in [0.5, 0.6) is 0 Å². The quantitative estimate of drug-likeness (QED) is 0.0119. The fraction of sp³-hybridized carbons (Fsp3) is 0.613. The highest BCUT2D eigenvalue weighted by atomic mass is 16.8. The summed E-state index contributed by atoms with van der Waals surface area (Å²) in [6.07, 6.45) is 43.5. The molecule has 1 aromatic carbocycles. The van der Waals surface area contributed by atoms with Crippen molar-refractivity contribution in [3.05, 3.63) is 105 Å². The van der Waals surface area contributed by atoms with Gasteiger partial charge in [-0.2, -0.15) is 0 Å². The van der Waals surface area contributed by atoms with E-state index in [-0.39, 0.29) is 66.8 Å². The molecule has 4 aliphatic heterocycles. The van der Waals surface area contributed by atoms with Crippen molar-refractivity contribution in [2.75, 3.05) is 0 Å². The third kappa shape index (κ3) is 57.9. The third-order valence-corrected chi connectivity index (χ3v) is 19.3. The molecule has 0 bridgehead atoms. The number of aliphatic hydroxyl groups excluding tert-OH is 4. The first kappa shape index (κ1) is 112. The molecule has 16 heteroatoms. The Balaban J connectivity index is 0.000000772. The Hall–Kier alpha value is -8.41. The Morgan fingerprint density at radius 3 is 1.00 bits per heavy atom. The molecule has 4 heterocycles. The van der Waals surface area contributed by atoms with Gasteiger partial charge in [0.05, 0.1) is 61.0 Å². The number of benzene rings is 1. The highest BCUT2D eigenvalue weighted by Gasteiger charge is 2.43. The van der Waals surface area contributed by atoms with E-state index in [0.29, 0.717) is 32.1 Å². The summed E-state index contributed by atoms with van der Waals surface area (Å²) in [7, 11) is 0. The summed E-state index contributed by atoms with van der Waals surface area (Å²) < 4.78 is 53.2. The topological polar surface area (TPSA) is 215 Å². The number of ether oxygens (including phenoxy) is 9. The molecule has 5 rings (SSSR count). The highest BCUT2D eigenvalue weighted by molar-refractivity contribution is 6.04.